The van der Waals surface area contributed by atoms with Gasteiger partial charge in [-0.15, -0.1) is 0 Å². The first-order chi connectivity index (χ1) is 12.4. The normalized spacial score (nSPS) is 23.6. The minimum absolute atomic E-state index is 0.0372. The highest BCUT2D eigenvalue weighted by Crippen LogP contribution is 2.45. The fourth-order valence-corrected chi connectivity index (χ4v) is 3.15. The van der Waals surface area contributed by atoms with Gasteiger partial charge in [0.15, 0.2) is 0 Å². The maximum Gasteiger partial charge on any atom is 0.391 e. The Morgan fingerprint density at radius 3 is 1.96 bits per heavy atom. The summed E-state index contributed by atoms with van der Waals surface area (Å²) in [4.78, 5) is 23.7. The topological polar surface area (TPSA) is 55.4 Å². The van der Waals surface area contributed by atoms with Gasteiger partial charge in [0, 0.05) is 11.6 Å². The third-order valence-corrected chi connectivity index (χ3v) is 4.51. The summed E-state index contributed by atoms with van der Waals surface area (Å²) in [6.45, 7) is 0. The molecule has 0 radical (unpaired) electrons. The summed E-state index contributed by atoms with van der Waals surface area (Å²) in [6, 6.07) is 3.90. The quantitative estimate of drug-likeness (QED) is 0.617. The summed E-state index contributed by atoms with van der Waals surface area (Å²) >= 11 is 0. The van der Waals surface area contributed by atoms with Crippen LogP contribution in [0.1, 0.15) is 40.0 Å². The highest BCUT2D eigenvalue weighted by molar-refractivity contribution is 5.98. The number of methoxy groups -OCH3 is 1. The van der Waals surface area contributed by atoms with Gasteiger partial charge in [0.1, 0.15) is 0 Å². The van der Waals surface area contributed by atoms with Crippen LogP contribution in [0.15, 0.2) is 24.3 Å². The van der Waals surface area contributed by atoms with Crippen molar-refractivity contribution in [2.75, 3.05) is 7.11 Å². The first kappa shape index (κ1) is 21.0. The molecule has 0 saturated heterocycles. The number of rotatable bonds is 3. The number of hydrogen-bond donors (Lipinski definition) is 1. The summed E-state index contributed by atoms with van der Waals surface area (Å²) in [5.41, 5.74) is -0.0225. The molecule has 10 heteroatoms. The van der Waals surface area contributed by atoms with Crippen molar-refractivity contribution in [1.29, 1.82) is 0 Å². The second-order valence-electron chi connectivity index (χ2n) is 6.43. The zero-order valence-corrected chi connectivity index (χ0v) is 14.2. The monoisotopic (exact) mass is 397 g/mol. The van der Waals surface area contributed by atoms with Gasteiger partial charge in [-0.3, -0.25) is 4.79 Å². The van der Waals surface area contributed by atoms with Gasteiger partial charge < -0.3 is 10.1 Å². The van der Waals surface area contributed by atoms with E-state index in [0.29, 0.717) is 0 Å². The molecule has 1 fully saturated rings. The highest BCUT2D eigenvalue weighted by Gasteiger charge is 2.52. The Bertz CT molecular complexity index is 679. The number of carbonyl (C=O) groups excluding carboxylic acids is 2. The number of halogens is 6. The molecule has 27 heavy (non-hydrogen) atoms. The smallest absolute Gasteiger partial charge is 0.391 e. The molecule has 2 rings (SSSR count). The lowest BCUT2D eigenvalue weighted by Gasteiger charge is -2.37. The molecule has 0 heterocycles. The molecule has 1 saturated carbocycles. The van der Waals surface area contributed by atoms with Crippen molar-refractivity contribution in [2.24, 2.45) is 11.8 Å². The van der Waals surface area contributed by atoms with Crippen molar-refractivity contribution in [1.82, 2.24) is 5.32 Å². The van der Waals surface area contributed by atoms with E-state index in [1.807, 2.05) is 0 Å². The summed E-state index contributed by atoms with van der Waals surface area (Å²) in [7, 11) is 1.13. The second kappa shape index (κ2) is 7.77. The van der Waals surface area contributed by atoms with Crippen LogP contribution >= 0.6 is 0 Å². The number of amides is 1. The number of hydrogen-bond acceptors (Lipinski definition) is 3. The van der Waals surface area contributed by atoms with E-state index in [2.05, 4.69) is 10.1 Å². The van der Waals surface area contributed by atoms with Crippen molar-refractivity contribution < 1.29 is 40.7 Å². The Balaban J connectivity index is 2.16. The molecule has 0 spiro atoms. The fraction of sp³-hybridized carbons (Fsp3) is 0.529. The van der Waals surface area contributed by atoms with Crippen LogP contribution in [0.25, 0.3) is 0 Å². The molecular formula is C17H17F6NO3. The maximum absolute atomic E-state index is 13.0. The maximum atomic E-state index is 13.0. The van der Waals surface area contributed by atoms with E-state index in [0.717, 1.165) is 13.2 Å². The zero-order valence-electron chi connectivity index (χ0n) is 14.2. The number of benzene rings is 1. The Morgan fingerprint density at radius 2 is 1.48 bits per heavy atom. The van der Waals surface area contributed by atoms with Crippen molar-refractivity contribution >= 4 is 11.9 Å². The average Bonchev–Trinajstić information content (AvgIpc) is 2.59. The summed E-state index contributed by atoms with van der Waals surface area (Å²) in [5, 5.41) is 2.23. The number of alkyl halides is 6. The van der Waals surface area contributed by atoms with Gasteiger partial charge in [-0.05, 0) is 37.5 Å². The number of esters is 1. The van der Waals surface area contributed by atoms with Crippen LogP contribution < -0.4 is 5.32 Å². The van der Waals surface area contributed by atoms with Crippen LogP contribution in [-0.2, 0) is 4.74 Å². The zero-order chi connectivity index (χ0) is 20.4. The molecule has 1 aliphatic carbocycles. The Labute approximate surface area is 150 Å². The van der Waals surface area contributed by atoms with E-state index in [9.17, 15) is 35.9 Å². The molecule has 1 aromatic rings. The molecule has 150 valence electrons. The Kier molecular flexibility index (Phi) is 6.06. The Hall–Kier alpha value is -2.26. The van der Waals surface area contributed by atoms with Crippen LogP contribution in [0.5, 0.6) is 0 Å². The van der Waals surface area contributed by atoms with Crippen molar-refractivity contribution in [2.45, 2.75) is 37.7 Å². The predicted molar refractivity (Wildman–Crippen MR) is 82.0 cm³/mol. The lowest BCUT2D eigenvalue weighted by molar-refractivity contribution is -0.225. The van der Waals surface area contributed by atoms with E-state index in [-0.39, 0.29) is 11.1 Å². The number of carbonyl (C=O) groups is 2. The van der Waals surface area contributed by atoms with Gasteiger partial charge in [-0.2, -0.15) is 26.3 Å². The summed E-state index contributed by atoms with van der Waals surface area (Å²) in [5.74, 6) is -5.87. The fourth-order valence-electron chi connectivity index (χ4n) is 3.15. The van der Waals surface area contributed by atoms with Gasteiger partial charge in [-0.1, -0.05) is 6.07 Å². The molecule has 0 bridgehead atoms. The standard InChI is InChI=1S/C17H17F6NO3/c1-27-15(26)10-4-2-3-9(5-10)14(25)24-13-7-11(16(18,19)20)6-12(8-13)17(21,22)23/h2-5,11-13H,6-8H2,1H3,(H,24,25). The van der Waals surface area contributed by atoms with Gasteiger partial charge >= 0.3 is 18.3 Å². The van der Waals surface area contributed by atoms with Gasteiger partial charge in [0.05, 0.1) is 24.5 Å². The number of ether oxygens (including phenoxy) is 1. The van der Waals surface area contributed by atoms with Crippen LogP contribution in [0, 0.1) is 11.8 Å². The third kappa shape index (κ3) is 5.36. The molecule has 2 atom stereocenters. The lowest BCUT2D eigenvalue weighted by Crippen LogP contribution is -2.47. The predicted octanol–water partition coefficient (Wildman–Crippen LogP) is 4.11. The molecule has 1 N–H and O–H groups in total. The molecule has 0 aromatic heterocycles. The van der Waals surface area contributed by atoms with E-state index in [1.54, 1.807) is 0 Å². The Morgan fingerprint density at radius 1 is 0.963 bits per heavy atom. The van der Waals surface area contributed by atoms with Crippen molar-refractivity contribution in [3.8, 4) is 0 Å². The van der Waals surface area contributed by atoms with E-state index in [4.69, 9.17) is 0 Å². The minimum atomic E-state index is -4.78. The number of nitrogens with one attached hydrogen (secondary N) is 1. The molecular weight excluding hydrogens is 380 g/mol. The summed E-state index contributed by atoms with van der Waals surface area (Å²) < 4.78 is 82.4. The van der Waals surface area contributed by atoms with Crippen LogP contribution in [0.2, 0.25) is 0 Å². The molecule has 1 aromatic carbocycles. The molecule has 0 aliphatic heterocycles. The highest BCUT2D eigenvalue weighted by atomic mass is 19.4. The van der Waals surface area contributed by atoms with Gasteiger partial charge in [0.2, 0.25) is 0 Å². The van der Waals surface area contributed by atoms with E-state index in [1.165, 1.54) is 18.2 Å². The van der Waals surface area contributed by atoms with Gasteiger partial charge in [0.25, 0.3) is 5.91 Å². The van der Waals surface area contributed by atoms with E-state index < -0.39 is 61.4 Å². The second-order valence-corrected chi connectivity index (χ2v) is 6.43. The van der Waals surface area contributed by atoms with Crippen LogP contribution in [0.3, 0.4) is 0 Å². The largest absolute Gasteiger partial charge is 0.465 e. The lowest BCUT2D eigenvalue weighted by atomic mass is 9.77. The van der Waals surface area contributed by atoms with Crippen molar-refractivity contribution in [3.63, 3.8) is 0 Å². The summed E-state index contributed by atoms with van der Waals surface area (Å²) in [6.07, 6.45) is -11.9. The van der Waals surface area contributed by atoms with E-state index >= 15 is 0 Å². The third-order valence-electron chi connectivity index (χ3n) is 4.51. The average molecular weight is 397 g/mol. The van der Waals surface area contributed by atoms with Gasteiger partial charge in [-0.25, -0.2) is 4.79 Å². The molecule has 1 amide bonds. The van der Waals surface area contributed by atoms with Crippen LogP contribution in [0.4, 0.5) is 26.3 Å². The van der Waals surface area contributed by atoms with Crippen molar-refractivity contribution in [3.05, 3.63) is 35.4 Å². The molecule has 4 nitrogen and oxygen atoms in total. The van der Waals surface area contributed by atoms with Crippen LogP contribution in [-0.4, -0.2) is 37.4 Å². The first-order valence-corrected chi connectivity index (χ1v) is 8.04. The molecule has 1 aliphatic rings. The first-order valence-electron chi connectivity index (χ1n) is 8.04. The SMILES string of the molecule is COC(=O)c1cccc(C(=O)NC2CC(C(F)(F)F)CC(C(F)(F)F)C2)c1. The minimum Gasteiger partial charge on any atom is -0.465 e. The molecule has 2 unspecified atom stereocenters.